The molecule has 6 nitrogen and oxygen atoms in total. The fourth-order valence-electron chi connectivity index (χ4n) is 3.10. The first kappa shape index (κ1) is 20.8. The van der Waals surface area contributed by atoms with Gasteiger partial charge >= 0.3 is 0 Å². The normalized spacial score (nSPS) is 12.5. The summed E-state index contributed by atoms with van der Waals surface area (Å²) in [6.07, 6.45) is 1.49. The van der Waals surface area contributed by atoms with Crippen LogP contribution >= 0.6 is 0 Å². The van der Waals surface area contributed by atoms with Gasteiger partial charge in [0.2, 0.25) is 0 Å². The Labute approximate surface area is 170 Å². The minimum absolute atomic E-state index is 0.145. The van der Waals surface area contributed by atoms with E-state index in [1.165, 1.54) is 6.07 Å². The highest BCUT2D eigenvalue weighted by atomic mass is 32.2. The van der Waals surface area contributed by atoms with E-state index in [-0.39, 0.29) is 23.5 Å². The molecule has 3 N–H and O–H groups in total. The van der Waals surface area contributed by atoms with Gasteiger partial charge in [-0.25, -0.2) is 8.42 Å². The molecule has 1 atom stereocenters. The van der Waals surface area contributed by atoms with Gasteiger partial charge in [-0.2, -0.15) is 0 Å². The number of aliphatic hydroxyl groups excluding tert-OH is 1. The van der Waals surface area contributed by atoms with E-state index < -0.39 is 10.0 Å². The van der Waals surface area contributed by atoms with Gasteiger partial charge in [-0.05, 0) is 47.5 Å². The van der Waals surface area contributed by atoms with Gasteiger partial charge < -0.3 is 10.4 Å². The van der Waals surface area contributed by atoms with Gasteiger partial charge in [-0.1, -0.05) is 49.7 Å². The number of amides is 1. The molecule has 152 valence electrons. The third-order valence-electron chi connectivity index (χ3n) is 4.60. The zero-order chi connectivity index (χ0) is 20.9. The van der Waals surface area contributed by atoms with Crippen LogP contribution in [0.4, 0.5) is 5.69 Å². The first-order valence-electron chi connectivity index (χ1n) is 9.46. The van der Waals surface area contributed by atoms with Crippen molar-refractivity contribution in [2.24, 2.45) is 0 Å². The van der Waals surface area contributed by atoms with Crippen molar-refractivity contribution in [2.75, 3.05) is 11.3 Å². The first-order valence-corrected chi connectivity index (χ1v) is 10.9. The summed E-state index contributed by atoms with van der Waals surface area (Å²) in [5.74, 6) is -0.357. The lowest BCUT2D eigenvalue weighted by atomic mass is 10.1. The molecule has 1 unspecified atom stereocenters. The molecule has 3 rings (SSSR count). The zero-order valence-electron chi connectivity index (χ0n) is 16.1. The van der Waals surface area contributed by atoms with E-state index in [0.29, 0.717) is 17.7 Å². The summed E-state index contributed by atoms with van der Waals surface area (Å²) in [5, 5.41) is 13.9. The van der Waals surface area contributed by atoms with Crippen molar-refractivity contribution in [3.05, 3.63) is 72.3 Å². The number of carbonyl (C=O) groups is 1. The number of aliphatic hydroxyl groups is 1. The van der Waals surface area contributed by atoms with Gasteiger partial charge in [0.05, 0.1) is 17.5 Å². The van der Waals surface area contributed by atoms with Crippen LogP contribution in [0.3, 0.4) is 0 Å². The Kier molecular flexibility index (Phi) is 6.51. The lowest BCUT2D eigenvalue weighted by Gasteiger charge is -2.16. The monoisotopic (exact) mass is 412 g/mol. The van der Waals surface area contributed by atoms with Crippen LogP contribution in [0, 0.1) is 0 Å². The number of nitrogens with one attached hydrogen (secondary N) is 2. The molecule has 0 fully saturated rings. The van der Waals surface area contributed by atoms with Crippen molar-refractivity contribution in [3.8, 4) is 0 Å². The lowest BCUT2D eigenvalue weighted by molar-refractivity contribution is 0.0913. The number of anilines is 1. The lowest BCUT2D eigenvalue weighted by Crippen LogP contribution is -2.37. The predicted molar refractivity (Wildman–Crippen MR) is 114 cm³/mol. The maximum Gasteiger partial charge on any atom is 0.261 e. The molecule has 0 aliphatic carbocycles. The number of carbonyl (C=O) groups excluding carboxylic acids is 1. The first-order chi connectivity index (χ1) is 13.9. The molecule has 3 aromatic rings. The largest absolute Gasteiger partial charge is 0.394 e. The van der Waals surface area contributed by atoms with Crippen LogP contribution in [0.5, 0.6) is 0 Å². The Morgan fingerprint density at radius 1 is 1.00 bits per heavy atom. The Hall–Kier alpha value is -2.90. The maximum atomic E-state index is 12.8. The van der Waals surface area contributed by atoms with E-state index in [1.807, 2.05) is 31.2 Å². The standard InChI is InChI=1S/C22H24N2O4S/c1-2-6-20(15-25)23-22(26)18-9-5-10-19(13-18)24-29(27,28)21-12-11-16-7-3-4-8-17(16)14-21/h3-5,7-14,20,24-25H,2,6,15H2,1H3,(H,23,26). The van der Waals surface area contributed by atoms with Crippen molar-refractivity contribution in [3.63, 3.8) is 0 Å². The van der Waals surface area contributed by atoms with E-state index in [0.717, 1.165) is 17.2 Å². The van der Waals surface area contributed by atoms with Crippen LogP contribution < -0.4 is 10.0 Å². The van der Waals surface area contributed by atoms with Crippen molar-refractivity contribution in [2.45, 2.75) is 30.7 Å². The van der Waals surface area contributed by atoms with Crippen LogP contribution in [0.2, 0.25) is 0 Å². The molecule has 0 aliphatic heterocycles. The average Bonchev–Trinajstić information content (AvgIpc) is 2.72. The topological polar surface area (TPSA) is 95.5 Å². The molecule has 0 saturated heterocycles. The minimum atomic E-state index is -3.81. The fourth-order valence-corrected chi connectivity index (χ4v) is 4.18. The van der Waals surface area contributed by atoms with Crippen LogP contribution in [-0.4, -0.2) is 32.1 Å². The second-order valence-electron chi connectivity index (χ2n) is 6.84. The fraction of sp³-hybridized carbons (Fsp3) is 0.227. The Morgan fingerprint density at radius 2 is 1.76 bits per heavy atom. The van der Waals surface area contributed by atoms with E-state index >= 15 is 0 Å². The Morgan fingerprint density at radius 3 is 2.48 bits per heavy atom. The number of hydrogen-bond donors (Lipinski definition) is 3. The van der Waals surface area contributed by atoms with E-state index in [1.54, 1.807) is 36.4 Å². The van der Waals surface area contributed by atoms with Crippen LogP contribution in [0.25, 0.3) is 10.8 Å². The molecule has 0 saturated carbocycles. The summed E-state index contributed by atoms with van der Waals surface area (Å²) < 4.78 is 28.1. The Bertz CT molecular complexity index is 1110. The predicted octanol–water partition coefficient (Wildman–Crippen LogP) is 3.53. The van der Waals surface area contributed by atoms with Gasteiger partial charge in [0, 0.05) is 11.3 Å². The highest BCUT2D eigenvalue weighted by Crippen LogP contribution is 2.22. The quantitative estimate of drug-likeness (QED) is 0.527. The molecule has 1 amide bonds. The molecule has 29 heavy (non-hydrogen) atoms. The van der Waals surface area contributed by atoms with E-state index in [4.69, 9.17) is 0 Å². The van der Waals surface area contributed by atoms with Crippen molar-refractivity contribution >= 4 is 32.4 Å². The van der Waals surface area contributed by atoms with Gasteiger partial charge in [-0.3, -0.25) is 9.52 Å². The number of rotatable bonds is 8. The second kappa shape index (κ2) is 9.07. The molecular weight excluding hydrogens is 388 g/mol. The molecule has 0 radical (unpaired) electrons. The van der Waals surface area contributed by atoms with Crippen molar-refractivity contribution in [1.29, 1.82) is 0 Å². The molecule has 7 heteroatoms. The number of benzene rings is 3. The van der Waals surface area contributed by atoms with Gasteiger partial charge in [-0.15, -0.1) is 0 Å². The highest BCUT2D eigenvalue weighted by molar-refractivity contribution is 7.92. The van der Waals surface area contributed by atoms with Crippen molar-refractivity contribution in [1.82, 2.24) is 5.32 Å². The third kappa shape index (κ3) is 5.13. The smallest absolute Gasteiger partial charge is 0.261 e. The van der Waals surface area contributed by atoms with Crippen molar-refractivity contribution < 1.29 is 18.3 Å². The Balaban J connectivity index is 1.80. The highest BCUT2D eigenvalue weighted by Gasteiger charge is 2.17. The number of fused-ring (bicyclic) bond motifs is 1. The maximum absolute atomic E-state index is 12.8. The van der Waals surface area contributed by atoms with E-state index in [9.17, 15) is 18.3 Å². The zero-order valence-corrected chi connectivity index (χ0v) is 16.9. The molecule has 0 heterocycles. The summed E-state index contributed by atoms with van der Waals surface area (Å²) in [6, 6.07) is 18.4. The van der Waals surface area contributed by atoms with Crippen LogP contribution in [-0.2, 0) is 10.0 Å². The number of hydrogen-bond acceptors (Lipinski definition) is 4. The second-order valence-corrected chi connectivity index (χ2v) is 8.52. The summed E-state index contributed by atoms with van der Waals surface area (Å²) >= 11 is 0. The van der Waals surface area contributed by atoms with Gasteiger partial charge in [0.25, 0.3) is 15.9 Å². The molecule has 0 spiro atoms. The molecule has 0 aliphatic rings. The molecular formula is C22H24N2O4S. The van der Waals surface area contributed by atoms with Crippen LogP contribution in [0.1, 0.15) is 30.1 Å². The molecule has 0 aromatic heterocycles. The summed E-state index contributed by atoms with van der Waals surface area (Å²) in [4.78, 5) is 12.6. The van der Waals surface area contributed by atoms with E-state index in [2.05, 4.69) is 10.0 Å². The summed E-state index contributed by atoms with van der Waals surface area (Å²) in [6.45, 7) is 1.82. The third-order valence-corrected chi connectivity index (χ3v) is 5.98. The summed E-state index contributed by atoms with van der Waals surface area (Å²) in [5.41, 5.74) is 0.611. The number of sulfonamides is 1. The minimum Gasteiger partial charge on any atom is -0.394 e. The molecule has 0 bridgehead atoms. The van der Waals surface area contributed by atoms with Gasteiger partial charge in [0.15, 0.2) is 0 Å². The average molecular weight is 413 g/mol. The van der Waals surface area contributed by atoms with Crippen LogP contribution in [0.15, 0.2) is 71.6 Å². The van der Waals surface area contributed by atoms with Gasteiger partial charge in [0.1, 0.15) is 0 Å². The SMILES string of the molecule is CCCC(CO)NC(=O)c1cccc(NS(=O)(=O)c2ccc3ccccc3c2)c1. The molecule has 3 aromatic carbocycles. The summed E-state index contributed by atoms with van der Waals surface area (Å²) in [7, 11) is -3.81.